The first kappa shape index (κ1) is 22.3. The average Bonchev–Trinajstić information content (AvgIpc) is 2.85. The number of rotatable bonds is 4. The molecule has 0 saturated carbocycles. The van der Waals surface area contributed by atoms with Crippen molar-refractivity contribution in [1.29, 1.82) is 0 Å². The van der Waals surface area contributed by atoms with E-state index in [1.807, 2.05) is 82.3 Å². The number of carbonyl (C=O) groups is 1. The number of halogens is 1. The molecule has 7 heteroatoms. The van der Waals surface area contributed by atoms with Gasteiger partial charge in [-0.2, -0.15) is 0 Å². The van der Waals surface area contributed by atoms with Gasteiger partial charge in [0.1, 0.15) is 5.75 Å². The number of hydrogen-bond acceptors (Lipinski definition) is 3. The largest absolute Gasteiger partial charge is 0.495 e. The number of likely N-dealkylation sites (tertiary alicyclic amines) is 1. The second kappa shape index (κ2) is 9.39. The molecule has 1 aromatic heterocycles. The van der Waals surface area contributed by atoms with Gasteiger partial charge in [-0.15, -0.1) is 0 Å². The minimum Gasteiger partial charge on any atom is -0.495 e. The summed E-state index contributed by atoms with van der Waals surface area (Å²) >= 11 is 5.95. The number of nitrogens with one attached hydrogen (secondary N) is 1. The Hall–Kier alpha value is -3.51. The van der Waals surface area contributed by atoms with Crippen LogP contribution in [0.1, 0.15) is 29.2 Å². The predicted octanol–water partition coefficient (Wildman–Crippen LogP) is 5.33. The van der Waals surface area contributed by atoms with Crippen LogP contribution in [0.5, 0.6) is 5.75 Å². The molecule has 3 aromatic rings. The first-order chi connectivity index (χ1) is 16.5. The van der Waals surface area contributed by atoms with Crippen LogP contribution >= 0.6 is 11.6 Å². The quantitative estimate of drug-likeness (QED) is 0.554. The summed E-state index contributed by atoms with van der Waals surface area (Å²) < 4.78 is 7.25. The molecule has 2 amide bonds. The minimum absolute atomic E-state index is 0.0179. The number of urea groups is 1. The standard InChI is InChI=1S/C27H26ClN3O3/c1-34-25-5-3-2-4-23(25)29-27(33)30-15-19-14-21(17-30)24-13-10-20(26(32)31(24)16-19)9-6-18-7-11-22(28)12-8-18/h2-13,19,21H,14-17H2,1H3,(H,29,33). The third kappa shape index (κ3) is 4.46. The lowest BCUT2D eigenvalue weighted by atomic mass is 9.83. The molecule has 0 radical (unpaired) electrons. The third-order valence-corrected chi connectivity index (χ3v) is 6.85. The number of para-hydroxylation sites is 2. The van der Waals surface area contributed by atoms with Crippen LogP contribution < -0.4 is 15.6 Å². The van der Waals surface area contributed by atoms with E-state index in [1.165, 1.54) is 0 Å². The number of piperidine rings is 1. The van der Waals surface area contributed by atoms with Crippen LogP contribution in [-0.4, -0.2) is 35.7 Å². The molecule has 2 aromatic carbocycles. The Morgan fingerprint density at radius 2 is 1.82 bits per heavy atom. The zero-order valence-electron chi connectivity index (χ0n) is 18.9. The maximum atomic E-state index is 13.2. The molecule has 2 aliphatic rings. The van der Waals surface area contributed by atoms with Crippen molar-refractivity contribution in [2.75, 3.05) is 25.5 Å². The number of hydrogen-bond donors (Lipinski definition) is 1. The van der Waals surface area contributed by atoms with E-state index in [0.717, 1.165) is 17.7 Å². The van der Waals surface area contributed by atoms with Crippen LogP contribution in [0.4, 0.5) is 10.5 Å². The average molecular weight is 476 g/mol. The van der Waals surface area contributed by atoms with Crippen molar-refractivity contribution in [3.63, 3.8) is 0 Å². The monoisotopic (exact) mass is 475 g/mol. The summed E-state index contributed by atoms with van der Waals surface area (Å²) in [6, 6.07) is 18.7. The Kier molecular flexibility index (Phi) is 6.16. The van der Waals surface area contributed by atoms with Gasteiger partial charge in [-0.1, -0.05) is 41.9 Å². The van der Waals surface area contributed by atoms with Crippen LogP contribution in [0.15, 0.2) is 65.5 Å². The van der Waals surface area contributed by atoms with Gasteiger partial charge < -0.3 is 19.5 Å². The van der Waals surface area contributed by atoms with E-state index in [-0.39, 0.29) is 23.4 Å². The van der Waals surface area contributed by atoms with E-state index in [2.05, 4.69) is 5.32 Å². The predicted molar refractivity (Wildman–Crippen MR) is 136 cm³/mol. The Labute approximate surface area is 203 Å². The Morgan fingerprint density at radius 1 is 1.03 bits per heavy atom. The fraction of sp³-hybridized carbons (Fsp3) is 0.259. The fourth-order valence-corrected chi connectivity index (χ4v) is 5.08. The molecule has 174 valence electrons. The van der Waals surface area contributed by atoms with Crippen molar-refractivity contribution in [1.82, 2.24) is 9.47 Å². The molecule has 2 unspecified atom stereocenters. The molecule has 34 heavy (non-hydrogen) atoms. The molecule has 1 fully saturated rings. The summed E-state index contributed by atoms with van der Waals surface area (Å²) in [5, 5.41) is 3.66. The number of aromatic nitrogens is 1. The van der Waals surface area contributed by atoms with Crippen LogP contribution in [0.2, 0.25) is 5.02 Å². The maximum absolute atomic E-state index is 13.2. The summed E-state index contributed by atoms with van der Waals surface area (Å²) in [6.45, 7) is 1.82. The molecule has 2 aliphatic heterocycles. The number of fused-ring (bicyclic) bond motifs is 4. The minimum atomic E-state index is -0.141. The van der Waals surface area contributed by atoms with Crippen LogP contribution in [0.25, 0.3) is 12.2 Å². The molecule has 2 atom stereocenters. The highest BCUT2D eigenvalue weighted by Gasteiger charge is 2.36. The Bertz CT molecular complexity index is 1300. The number of ether oxygens (including phenoxy) is 1. The topological polar surface area (TPSA) is 63.6 Å². The number of pyridine rings is 1. The third-order valence-electron chi connectivity index (χ3n) is 6.59. The molecule has 5 rings (SSSR count). The van der Waals surface area contributed by atoms with Gasteiger partial charge in [0.2, 0.25) is 0 Å². The van der Waals surface area contributed by atoms with Crippen LogP contribution in [0, 0.1) is 5.92 Å². The lowest BCUT2D eigenvalue weighted by Gasteiger charge is -2.42. The SMILES string of the molecule is COc1ccccc1NC(=O)N1CC2CC(C1)c1ccc(C=Cc3ccc(Cl)cc3)c(=O)n1C2. The van der Waals surface area contributed by atoms with Gasteiger partial charge in [-0.3, -0.25) is 4.79 Å². The van der Waals surface area contributed by atoms with Gasteiger partial charge in [0.15, 0.2) is 0 Å². The molecule has 0 aliphatic carbocycles. The molecule has 0 spiro atoms. The van der Waals surface area contributed by atoms with Crippen LogP contribution in [0.3, 0.4) is 0 Å². The molecule has 3 heterocycles. The zero-order valence-corrected chi connectivity index (χ0v) is 19.7. The highest BCUT2D eigenvalue weighted by Crippen LogP contribution is 2.36. The second-order valence-electron chi connectivity index (χ2n) is 8.85. The van der Waals surface area contributed by atoms with Gasteiger partial charge in [-0.05, 0) is 60.4 Å². The number of amides is 2. The Balaban J connectivity index is 1.34. The summed E-state index contributed by atoms with van der Waals surface area (Å²) in [6.07, 6.45) is 4.77. The molecule has 2 bridgehead atoms. The van der Waals surface area contributed by atoms with Crippen molar-refractivity contribution < 1.29 is 9.53 Å². The van der Waals surface area contributed by atoms with Gasteiger partial charge in [0, 0.05) is 41.8 Å². The first-order valence-corrected chi connectivity index (χ1v) is 11.8. The van der Waals surface area contributed by atoms with E-state index < -0.39 is 0 Å². The highest BCUT2D eigenvalue weighted by atomic mass is 35.5. The van der Waals surface area contributed by atoms with Crippen LogP contribution in [-0.2, 0) is 6.54 Å². The fourth-order valence-electron chi connectivity index (χ4n) is 4.96. The van der Waals surface area contributed by atoms with Crippen molar-refractivity contribution in [3.8, 4) is 5.75 Å². The van der Waals surface area contributed by atoms with E-state index in [4.69, 9.17) is 16.3 Å². The summed E-state index contributed by atoms with van der Waals surface area (Å²) in [5.74, 6) is 1.00. The van der Waals surface area contributed by atoms with E-state index in [1.54, 1.807) is 7.11 Å². The lowest BCUT2D eigenvalue weighted by molar-refractivity contribution is 0.139. The summed E-state index contributed by atoms with van der Waals surface area (Å²) in [4.78, 5) is 28.1. The van der Waals surface area contributed by atoms with E-state index >= 15 is 0 Å². The highest BCUT2D eigenvalue weighted by molar-refractivity contribution is 6.30. The van der Waals surface area contributed by atoms with Gasteiger partial charge >= 0.3 is 6.03 Å². The Morgan fingerprint density at radius 3 is 2.62 bits per heavy atom. The first-order valence-electron chi connectivity index (χ1n) is 11.4. The number of nitrogens with zero attached hydrogens (tertiary/aromatic N) is 2. The maximum Gasteiger partial charge on any atom is 0.321 e. The second-order valence-corrected chi connectivity index (χ2v) is 9.28. The smallest absolute Gasteiger partial charge is 0.321 e. The zero-order chi connectivity index (χ0) is 23.7. The normalized spacial score (nSPS) is 19.1. The molecular formula is C27H26ClN3O3. The molecular weight excluding hydrogens is 450 g/mol. The van der Waals surface area contributed by atoms with Crippen molar-refractivity contribution in [2.45, 2.75) is 18.9 Å². The van der Waals surface area contributed by atoms with Crippen molar-refractivity contribution in [2.24, 2.45) is 5.92 Å². The van der Waals surface area contributed by atoms with Crippen molar-refractivity contribution >= 4 is 35.5 Å². The lowest BCUT2D eigenvalue weighted by Crippen LogP contribution is -2.50. The number of carbonyl (C=O) groups excluding carboxylic acids is 1. The van der Waals surface area contributed by atoms with Gasteiger partial charge in [-0.25, -0.2) is 4.79 Å². The molecule has 6 nitrogen and oxygen atoms in total. The molecule has 1 N–H and O–H groups in total. The van der Waals surface area contributed by atoms with Gasteiger partial charge in [0.25, 0.3) is 5.56 Å². The van der Waals surface area contributed by atoms with E-state index in [9.17, 15) is 9.59 Å². The van der Waals surface area contributed by atoms with E-state index in [0.29, 0.717) is 41.7 Å². The molecule has 1 saturated heterocycles. The number of benzene rings is 2. The summed E-state index contributed by atoms with van der Waals surface area (Å²) in [7, 11) is 1.59. The summed E-state index contributed by atoms with van der Waals surface area (Å²) in [5.41, 5.74) is 3.31. The number of anilines is 1. The number of methoxy groups -OCH3 is 1. The van der Waals surface area contributed by atoms with Gasteiger partial charge in [0.05, 0.1) is 12.8 Å². The van der Waals surface area contributed by atoms with Crippen molar-refractivity contribution in [3.05, 3.63) is 92.9 Å².